The first kappa shape index (κ1) is 13.8. The normalized spacial score (nSPS) is 9.95. The lowest BCUT2D eigenvalue weighted by Crippen LogP contribution is -2.05. The molecule has 3 aromatic rings. The summed E-state index contributed by atoms with van der Waals surface area (Å²) in [7, 11) is 0. The average molecular weight is 286 g/mol. The minimum Gasteiger partial charge on any atom is -0.363 e. The third-order valence-corrected chi connectivity index (χ3v) is 3.29. The maximum atomic E-state index is 9.33. The van der Waals surface area contributed by atoms with E-state index in [2.05, 4.69) is 21.6 Å². The Morgan fingerprint density at radius 3 is 2.27 bits per heavy atom. The van der Waals surface area contributed by atoms with Crippen molar-refractivity contribution >= 4 is 5.82 Å². The highest BCUT2D eigenvalue weighted by molar-refractivity contribution is 5.64. The van der Waals surface area contributed by atoms with E-state index in [-0.39, 0.29) is 0 Å². The number of anilines is 1. The van der Waals surface area contributed by atoms with Crippen molar-refractivity contribution in [1.29, 1.82) is 5.26 Å². The predicted molar refractivity (Wildman–Crippen MR) is 86.0 cm³/mol. The molecule has 0 atom stereocenters. The molecule has 1 heterocycles. The Kier molecular flexibility index (Phi) is 4.08. The van der Waals surface area contributed by atoms with Gasteiger partial charge in [0.05, 0.1) is 11.3 Å². The van der Waals surface area contributed by atoms with E-state index in [1.165, 1.54) is 0 Å². The smallest absolute Gasteiger partial charge is 0.166 e. The predicted octanol–water partition coefficient (Wildman–Crippen LogP) is 3.63. The molecule has 0 unspecified atom stereocenters. The molecule has 0 amide bonds. The first-order valence-corrected chi connectivity index (χ1v) is 6.98. The number of benzene rings is 2. The third kappa shape index (κ3) is 3.10. The van der Waals surface area contributed by atoms with Crippen molar-refractivity contribution in [3.63, 3.8) is 0 Å². The molecule has 0 aliphatic heterocycles. The van der Waals surface area contributed by atoms with Crippen molar-refractivity contribution in [3.8, 4) is 17.3 Å². The molecule has 3 rings (SSSR count). The summed E-state index contributed by atoms with van der Waals surface area (Å²) >= 11 is 0. The van der Waals surface area contributed by atoms with E-state index < -0.39 is 0 Å². The summed E-state index contributed by atoms with van der Waals surface area (Å²) in [5.41, 5.74) is 3.26. The van der Waals surface area contributed by atoms with Crippen LogP contribution in [0.25, 0.3) is 11.3 Å². The second kappa shape index (κ2) is 6.51. The van der Waals surface area contributed by atoms with Crippen LogP contribution >= 0.6 is 0 Å². The summed E-state index contributed by atoms with van der Waals surface area (Å²) in [6, 6.07) is 23.6. The second-order valence-corrected chi connectivity index (χ2v) is 4.81. The lowest BCUT2D eigenvalue weighted by Gasteiger charge is -2.08. The Balaban J connectivity index is 1.83. The van der Waals surface area contributed by atoms with Gasteiger partial charge in [-0.15, -0.1) is 10.2 Å². The summed E-state index contributed by atoms with van der Waals surface area (Å²) in [6.45, 7) is 0.606. The van der Waals surface area contributed by atoms with Crippen LogP contribution in [-0.2, 0) is 6.54 Å². The summed E-state index contributed by atoms with van der Waals surface area (Å²) in [4.78, 5) is 0. The van der Waals surface area contributed by atoms with Crippen molar-refractivity contribution in [2.24, 2.45) is 0 Å². The topological polar surface area (TPSA) is 61.6 Å². The molecule has 4 nitrogen and oxygen atoms in total. The zero-order valence-corrected chi connectivity index (χ0v) is 11.9. The van der Waals surface area contributed by atoms with Gasteiger partial charge in [0.2, 0.25) is 0 Å². The highest BCUT2D eigenvalue weighted by atomic mass is 15.2. The van der Waals surface area contributed by atoms with Gasteiger partial charge in [-0.25, -0.2) is 0 Å². The molecule has 106 valence electrons. The number of rotatable bonds is 4. The number of aromatic nitrogens is 2. The number of nitrogens with zero attached hydrogens (tertiary/aromatic N) is 3. The Bertz CT molecular complexity index is 792. The number of nitriles is 1. The molecular weight excluding hydrogens is 272 g/mol. The minimum atomic E-state index is 0.491. The summed E-state index contributed by atoms with van der Waals surface area (Å²) in [6.07, 6.45) is 0. The van der Waals surface area contributed by atoms with Gasteiger partial charge in [0.25, 0.3) is 0 Å². The number of hydrogen-bond acceptors (Lipinski definition) is 4. The molecule has 1 aromatic heterocycles. The lowest BCUT2D eigenvalue weighted by molar-refractivity contribution is 0.999. The van der Waals surface area contributed by atoms with Gasteiger partial charge in [0.1, 0.15) is 6.07 Å². The van der Waals surface area contributed by atoms with Crippen LogP contribution in [0.2, 0.25) is 0 Å². The van der Waals surface area contributed by atoms with Gasteiger partial charge >= 0.3 is 0 Å². The zero-order valence-electron chi connectivity index (χ0n) is 11.9. The Hall–Kier alpha value is -3.19. The fraction of sp³-hybridized carbons (Fsp3) is 0.0556. The molecule has 1 N–H and O–H groups in total. The van der Waals surface area contributed by atoms with Gasteiger partial charge in [-0.05, 0) is 11.6 Å². The number of hydrogen-bond donors (Lipinski definition) is 1. The van der Waals surface area contributed by atoms with Crippen LogP contribution in [0.15, 0.2) is 66.7 Å². The largest absolute Gasteiger partial charge is 0.363 e. The van der Waals surface area contributed by atoms with Crippen molar-refractivity contribution in [2.45, 2.75) is 6.54 Å². The van der Waals surface area contributed by atoms with E-state index in [9.17, 15) is 5.26 Å². The van der Waals surface area contributed by atoms with E-state index in [1.54, 1.807) is 6.07 Å². The molecule has 2 aromatic carbocycles. The Morgan fingerprint density at radius 2 is 1.59 bits per heavy atom. The SMILES string of the molecule is N#Cc1cc(-c2ccccc2)nnc1NCc1ccccc1. The van der Waals surface area contributed by atoms with Crippen molar-refractivity contribution in [3.05, 3.63) is 77.9 Å². The molecule has 22 heavy (non-hydrogen) atoms. The maximum Gasteiger partial charge on any atom is 0.166 e. The fourth-order valence-electron chi connectivity index (χ4n) is 2.14. The molecular formula is C18H14N4. The van der Waals surface area contributed by atoms with E-state index in [1.807, 2.05) is 60.7 Å². The molecule has 0 aliphatic rings. The quantitative estimate of drug-likeness (QED) is 0.795. The van der Waals surface area contributed by atoms with Crippen molar-refractivity contribution in [1.82, 2.24) is 10.2 Å². The molecule has 0 saturated carbocycles. The lowest BCUT2D eigenvalue weighted by atomic mass is 10.1. The van der Waals surface area contributed by atoms with E-state index in [4.69, 9.17) is 0 Å². The average Bonchev–Trinajstić information content (AvgIpc) is 2.61. The maximum absolute atomic E-state index is 9.33. The Morgan fingerprint density at radius 1 is 0.909 bits per heavy atom. The first-order chi connectivity index (χ1) is 10.9. The standard InChI is InChI=1S/C18H14N4/c19-12-16-11-17(15-9-5-2-6-10-15)21-22-18(16)20-13-14-7-3-1-4-8-14/h1-11H,13H2,(H,20,22). The van der Waals surface area contributed by atoms with Crippen LogP contribution in [0.5, 0.6) is 0 Å². The van der Waals surface area contributed by atoms with Crippen LogP contribution in [0, 0.1) is 11.3 Å². The van der Waals surface area contributed by atoms with Gasteiger partial charge in [-0.1, -0.05) is 60.7 Å². The van der Waals surface area contributed by atoms with Gasteiger partial charge < -0.3 is 5.32 Å². The van der Waals surface area contributed by atoms with E-state index in [0.29, 0.717) is 23.6 Å². The van der Waals surface area contributed by atoms with E-state index >= 15 is 0 Å². The molecule has 0 saturated heterocycles. The van der Waals surface area contributed by atoms with Crippen molar-refractivity contribution < 1.29 is 0 Å². The molecule has 0 aliphatic carbocycles. The summed E-state index contributed by atoms with van der Waals surface area (Å²) in [5, 5.41) is 20.9. The van der Waals surface area contributed by atoms with Crippen LogP contribution in [0.1, 0.15) is 11.1 Å². The van der Waals surface area contributed by atoms with Crippen molar-refractivity contribution in [2.75, 3.05) is 5.32 Å². The highest BCUT2D eigenvalue weighted by Crippen LogP contribution is 2.20. The number of nitrogens with one attached hydrogen (secondary N) is 1. The van der Waals surface area contributed by atoms with Gasteiger partial charge in [-0.3, -0.25) is 0 Å². The molecule has 4 heteroatoms. The molecule has 0 fully saturated rings. The fourth-order valence-corrected chi connectivity index (χ4v) is 2.14. The molecule has 0 spiro atoms. The van der Waals surface area contributed by atoms with Crippen LogP contribution in [0.3, 0.4) is 0 Å². The summed E-state index contributed by atoms with van der Waals surface area (Å²) < 4.78 is 0. The third-order valence-electron chi connectivity index (χ3n) is 3.29. The van der Waals surface area contributed by atoms with E-state index in [0.717, 1.165) is 11.1 Å². The molecule has 0 bridgehead atoms. The van der Waals surface area contributed by atoms with Crippen LogP contribution < -0.4 is 5.32 Å². The van der Waals surface area contributed by atoms with Gasteiger partial charge in [0, 0.05) is 12.1 Å². The van der Waals surface area contributed by atoms with Crippen LogP contribution in [-0.4, -0.2) is 10.2 Å². The van der Waals surface area contributed by atoms with Crippen LogP contribution in [0.4, 0.5) is 5.82 Å². The molecule has 0 radical (unpaired) electrons. The first-order valence-electron chi connectivity index (χ1n) is 6.98. The monoisotopic (exact) mass is 286 g/mol. The van der Waals surface area contributed by atoms with Gasteiger partial charge in [0.15, 0.2) is 5.82 Å². The highest BCUT2D eigenvalue weighted by Gasteiger charge is 2.08. The zero-order chi connectivity index (χ0) is 15.2. The Labute approximate surface area is 129 Å². The second-order valence-electron chi connectivity index (χ2n) is 4.81. The summed E-state index contributed by atoms with van der Waals surface area (Å²) in [5.74, 6) is 0.506. The minimum absolute atomic E-state index is 0.491. The van der Waals surface area contributed by atoms with Gasteiger partial charge in [-0.2, -0.15) is 5.26 Å².